The van der Waals surface area contributed by atoms with Crippen LogP contribution in [0.1, 0.15) is 104 Å². The van der Waals surface area contributed by atoms with Gasteiger partial charge in [0.1, 0.15) is 17.7 Å². The lowest BCUT2D eigenvalue weighted by molar-refractivity contribution is -0.144. The largest absolute Gasteiger partial charge is 0.444 e. The van der Waals surface area contributed by atoms with Gasteiger partial charge in [-0.25, -0.2) is 4.79 Å². The first kappa shape index (κ1) is 30.7. The number of nitrogens with zero attached hydrogens (tertiary/aromatic N) is 1. The Balaban J connectivity index is 2.57. The second-order valence-corrected chi connectivity index (χ2v) is 12.0. The summed E-state index contributed by atoms with van der Waals surface area (Å²) in [5, 5.41) is 6.02. The molecular formula is C30H49N3O4. The van der Waals surface area contributed by atoms with Gasteiger partial charge in [0.15, 0.2) is 0 Å². The zero-order valence-corrected chi connectivity index (χ0v) is 24.6. The topological polar surface area (TPSA) is 87.7 Å². The highest BCUT2D eigenvalue weighted by molar-refractivity contribution is 5.93. The van der Waals surface area contributed by atoms with Gasteiger partial charge in [0, 0.05) is 12.1 Å². The fourth-order valence-corrected chi connectivity index (χ4v) is 4.75. The van der Waals surface area contributed by atoms with Crippen LogP contribution in [0, 0.1) is 25.7 Å². The van der Waals surface area contributed by atoms with Crippen molar-refractivity contribution < 1.29 is 19.1 Å². The summed E-state index contributed by atoms with van der Waals surface area (Å²) >= 11 is 0. The Morgan fingerprint density at radius 3 is 2.24 bits per heavy atom. The number of benzene rings is 1. The minimum atomic E-state index is -0.805. The van der Waals surface area contributed by atoms with Crippen LogP contribution in [-0.4, -0.2) is 46.5 Å². The van der Waals surface area contributed by atoms with Crippen LogP contribution in [0.4, 0.5) is 4.79 Å². The van der Waals surface area contributed by atoms with Gasteiger partial charge in [0.05, 0.1) is 0 Å². The summed E-state index contributed by atoms with van der Waals surface area (Å²) in [6.07, 6.45) is 2.69. The Hall–Kier alpha value is -2.57. The quantitative estimate of drug-likeness (QED) is 0.388. The van der Waals surface area contributed by atoms with Crippen molar-refractivity contribution in [1.82, 2.24) is 15.5 Å². The van der Waals surface area contributed by atoms with Crippen molar-refractivity contribution in [2.75, 3.05) is 0 Å². The third-order valence-corrected chi connectivity index (χ3v) is 7.20. The summed E-state index contributed by atoms with van der Waals surface area (Å²) in [5.41, 5.74) is 2.13. The predicted octanol–water partition coefficient (Wildman–Crippen LogP) is 5.83. The Morgan fingerprint density at radius 2 is 1.73 bits per heavy atom. The highest BCUT2D eigenvalue weighted by Crippen LogP contribution is 2.42. The van der Waals surface area contributed by atoms with E-state index in [1.54, 1.807) is 25.7 Å². The number of alkyl carbamates (subject to hydrolysis) is 1. The molecule has 2 rings (SSSR count). The van der Waals surface area contributed by atoms with Crippen molar-refractivity contribution >= 4 is 17.9 Å². The van der Waals surface area contributed by atoms with E-state index < -0.39 is 23.8 Å². The minimum Gasteiger partial charge on any atom is -0.444 e. The first-order valence-corrected chi connectivity index (χ1v) is 13.9. The van der Waals surface area contributed by atoms with Gasteiger partial charge in [-0.1, -0.05) is 64.3 Å². The van der Waals surface area contributed by atoms with Crippen molar-refractivity contribution in [1.29, 1.82) is 0 Å². The minimum absolute atomic E-state index is 0.0102. The molecule has 1 fully saturated rings. The maximum atomic E-state index is 14.4. The average Bonchev–Trinajstić information content (AvgIpc) is 3.51. The van der Waals surface area contributed by atoms with Crippen LogP contribution in [0.2, 0.25) is 0 Å². The zero-order chi connectivity index (χ0) is 28.1. The normalized spacial score (nSPS) is 20.3. The van der Waals surface area contributed by atoms with Gasteiger partial charge in [0.2, 0.25) is 11.8 Å². The van der Waals surface area contributed by atoms with Crippen LogP contribution in [0.25, 0.3) is 0 Å². The standard InChI is InChI=1S/C30H49N3O4/c1-11-13-22(7)31-27(34)26(23-16-18(3)14-15-20(23)5)33(24-17-21(24)6)28(35)25(19(4)12-2)32-29(36)37-30(8,9)10/h14-16,19,21-22,24-26H,11-13,17H2,1-10H3,(H,31,34)(H,32,36). The Kier molecular flexibility index (Phi) is 10.6. The van der Waals surface area contributed by atoms with E-state index in [0.29, 0.717) is 6.42 Å². The van der Waals surface area contributed by atoms with E-state index in [4.69, 9.17) is 4.74 Å². The number of ether oxygens (including phenoxy) is 1. The fourth-order valence-electron chi connectivity index (χ4n) is 4.75. The Morgan fingerprint density at radius 1 is 1.11 bits per heavy atom. The molecule has 1 aliphatic rings. The first-order valence-electron chi connectivity index (χ1n) is 13.9. The summed E-state index contributed by atoms with van der Waals surface area (Å²) in [4.78, 5) is 42.8. The molecule has 0 bridgehead atoms. The molecule has 0 radical (unpaired) electrons. The maximum Gasteiger partial charge on any atom is 0.408 e. The van der Waals surface area contributed by atoms with Gasteiger partial charge in [-0.2, -0.15) is 0 Å². The summed E-state index contributed by atoms with van der Waals surface area (Å²) < 4.78 is 5.50. The van der Waals surface area contributed by atoms with Gasteiger partial charge >= 0.3 is 6.09 Å². The van der Waals surface area contributed by atoms with Gasteiger partial charge in [-0.3, -0.25) is 9.59 Å². The zero-order valence-electron chi connectivity index (χ0n) is 24.6. The van der Waals surface area contributed by atoms with Crippen LogP contribution in [-0.2, 0) is 14.3 Å². The Labute approximate surface area is 224 Å². The van der Waals surface area contributed by atoms with Gasteiger partial charge < -0.3 is 20.3 Å². The molecule has 3 amide bonds. The average molecular weight is 516 g/mol. The van der Waals surface area contributed by atoms with Gasteiger partial charge in [0.25, 0.3) is 0 Å². The molecule has 0 saturated heterocycles. The molecule has 1 aromatic rings. The van der Waals surface area contributed by atoms with Gasteiger partial charge in [-0.05, 0) is 77.3 Å². The highest BCUT2D eigenvalue weighted by Gasteiger charge is 2.49. The molecule has 1 aliphatic carbocycles. The first-order chi connectivity index (χ1) is 17.2. The summed E-state index contributed by atoms with van der Waals surface area (Å²) in [7, 11) is 0. The van der Waals surface area contributed by atoms with E-state index in [9.17, 15) is 14.4 Å². The number of hydrogen-bond acceptors (Lipinski definition) is 4. The third kappa shape index (κ3) is 8.47. The van der Waals surface area contributed by atoms with E-state index in [1.165, 1.54) is 0 Å². The van der Waals surface area contributed by atoms with E-state index in [0.717, 1.165) is 36.0 Å². The van der Waals surface area contributed by atoms with Crippen molar-refractivity contribution in [2.45, 2.75) is 125 Å². The van der Waals surface area contributed by atoms with Crippen LogP contribution in [0.3, 0.4) is 0 Å². The van der Waals surface area contributed by atoms with Crippen LogP contribution in [0.5, 0.6) is 0 Å². The third-order valence-electron chi connectivity index (χ3n) is 7.20. The molecule has 1 saturated carbocycles. The van der Waals surface area contributed by atoms with Crippen LogP contribution < -0.4 is 10.6 Å². The lowest BCUT2D eigenvalue weighted by Crippen LogP contribution is -2.56. The number of rotatable bonds is 11. The molecule has 7 heteroatoms. The highest BCUT2D eigenvalue weighted by atomic mass is 16.6. The number of nitrogens with one attached hydrogen (secondary N) is 2. The molecule has 208 valence electrons. The molecule has 2 N–H and O–H groups in total. The lowest BCUT2D eigenvalue weighted by Gasteiger charge is -2.37. The Bertz CT molecular complexity index is 955. The number of amides is 3. The van der Waals surface area contributed by atoms with E-state index in [1.807, 2.05) is 52.8 Å². The second kappa shape index (κ2) is 12.8. The van der Waals surface area contributed by atoms with Crippen LogP contribution >= 0.6 is 0 Å². The van der Waals surface area contributed by atoms with Crippen molar-refractivity contribution in [3.8, 4) is 0 Å². The smallest absolute Gasteiger partial charge is 0.408 e. The van der Waals surface area contributed by atoms with E-state index >= 15 is 0 Å². The molecule has 0 aromatic heterocycles. The van der Waals surface area contributed by atoms with Crippen molar-refractivity contribution in [2.24, 2.45) is 11.8 Å². The van der Waals surface area contributed by atoms with Crippen molar-refractivity contribution in [3.63, 3.8) is 0 Å². The molecule has 6 atom stereocenters. The van der Waals surface area contributed by atoms with Crippen molar-refractivity contribution in [3.05, 3.63) is 34.9 Å². The van der Waals surface area contributed by atoms with E-state index in [-0.39, 0.29) is 35.7 Å². The molecule has 1 aromatic carbocycles. The summed E-state index contributed by atoms with van der Waals surface area (Å²) in [6.45, 7) is 19.5. The van der Waals surface area contributed by atoms with E-state index in [2.05, 4.69) is 24.5 Å². The number of carbonyl (C=O) groups is 3. The maximum absolute atomic E-state index is 14.4. The predicted molar refractivity (Wildman–Crippen MR) is 148 cm³/mol. The molecule has 0 spiro atoms. The molecule has 37 heavy (non-hydrogen) atoms. The fraction of sp³-hybridized carbons (Fsp3) is 0.700. The molecule has 0 aliphatic heterocycles. The van der Waals surface area contributed by atoms with Crippen LogP contribution in [0.15, 0.2) is 18.2 Å². The molecular weight excluding hydrogens is 466 g/mol. The molecule has 7 nitrogen and oxygen atoms in total. The monoisotopic (exact) mass is 515 g/mol. The molecule has 0 heterocycles. The number of aryl methyl sites for hydroxylation is 2. The summed E-state index contributed by atoms with van der Waals surface area (Å²) in [6, 6.07) is 4.36. The van der Waals surface area contributed by atoms with Gasteiger partial charge in [-0.15, -0.1) is 0 Å². The number of carbonyl (C=O) groups excluding carboxylic acids is 3. The lowest BCUT2D eigenvalue weighted by atomic mass is 9.93. The second-order valence-electron chi connectivity index (χ2n) is 12.0. The molecule has 6 unspecified atom stereocenters. The number of hydrogen-bond donors (Lipinski definition) is 2. The SMILES string of the molecule is CCCC(C)NC(=O)C(c1cc(C)ccc1C)N(C(=O)C(NC(=O)OC(C)(C)C)C(C)CC)C1CC1C. The summed E-state index contributed by atoms with van der Waals surface area (Å²) in [5.74, 6) is -0.282.